The Bertz CT molecular complexity index is 1240. The van der Waals surface area contributed by atoms with E-state index in [0.29, 0.717) is 34.7 Å². The summed E-state index contributed by atoms with van der Waals surface area (Å²) in [5.74, 6) is 0.904. The fourth-order valence-corrected chi connectivity index (χ4v) is 3.15. The Morgan fingerprint density at radius 2 is 1.84 bits per heavy atom. The van der Waals surface area contributed by atoms with E-state index in [1.807, 2.05) is 18.2 Å². The molecule has 4 rings (SSSR count). The second-order valence-electron chi connectivity index (χ2n) is 6.81. The number of rotatable bonds is 7. The Hall–Kier alpha value is -4.40. The quantitative estimate of drug-likeness (QED) is 0.292. The van der Waals surface area contributed by atoms with Crippen molar-refractivity contribution in [2.24, 2.45) is 0 Å². The van der Waals surface area contributed by atoms with Gasteiger partial charge in [0.25, 0.3) is 0 Å². The van der Waals surface area contributed by atoms with Crippen LogP contribution in [0.25, 0.3) is 10.9 Å². The van der Waals surface area contributed by atoms with Crippen LogP contribution in [0.1, 0.15) is 12.5 Å². The van der Waals surface area contributed by atoms with Gasteiger partial charge < -0.3 is 15.4 Å². The molecular formula is C22H19N5O4. The molecule has 0 spiro atoms. The number of nitrogens with zero attached hydrogens (tertiary/aromatic N) is 2. The third-order valence-electron chi connectivity index (χ3n) is 4.56. The number of anilines is 2. The van der Waals surface area contributed by atoms with E-state index in [-0.39, 0.29) is 17.3 Å². The first-order valence-corrected chi connectivity index (χ1v) is 9.50. The fourth-order valence-electron chi connectivity index (χ4n) is 3.15. The van der Waals surface area contributed by atoms with Crippen LogP contribution in [-0.2, 0) is 11.3 Å². The molecule has 0 aliphatic rings. The number of carbonyl (C=O) groups is 1. The Kier molecular flexibility index (Phi) is 5.48. The maximum absolute atomic E-state index is 11.6. The van der Waals surface area contributed by atoms with Gasteiger partial charge in [-0.1, -0.05) is 30.3 Å². The van der Waals surface area contributed by atoms with E-state index < -0.39 is 4.92 Å². The smallest absolute Gasteiger partial charge is 0.312 e. The zero-order chi connectivity index (χ0) is 21.8. The summed E-state index contributed by atoms with van der Waals surface area (Å²) >= 11 is 0. The molecule has 0 aliphatic carbocycles. The highest BCUT2D eigenvalue weighted by Crippen LogP contribution is 2.41. The second kappa shape index (κ2) is 8.54. The average molecular weight is 417 g/mol. The summed E-state index contributed by atoms with van der Waals surface area (Å²) in [6.07, 6.45) is 0. The molecule has 0 saturated heterocycles. The number of hydrogen-bond acceptors (Lipinski definition) is 6. The molecule has 0 saturated carbocycles. The van der Waals surface area contributed by atoms with E-state index in [9.17, 15) is 14.9 Å². The van der Waals surface area contributed by atoms with Gasteiger partial charge in [0.2, 0.25) is 11.7 Å². The monoisotopic (exact) mass is 417 g/mol. The lowest BCUT2D eigenvalue weighted by molar-refractivity contribution is -0.385. The van der Waals surface area contributed by atoms with Crippen LogP contribution in [-0.4, -0.2) is 21.0 Å². The van der Waals surface area contributed by atoms with Crippen molar-refractivity contribution in [3.05, 3.63) is 82.4 Å². The van der Waals surface area contributed by atoms with Crippen molar-refractivity contribution in [3.8, 4) is 11.5 Å². The summed E-state index contributed by atoms with van der Waals surface area (Å²) in [4.78, 5) is 22.3. The zero-order valence-corrected chi connectivity index (χ0v) is 16.6. The third kappa shape index (κ3) is 4.45. The van der Waals surface area contributed by atoms with Crippen LogP contribution in [0.3, 0.4) is 0 Å². The molecule has 0 fully saturated rings. The number of nitrogens with one attached hydrogen (secondary N) is 3. The summed E-state index contributed by atoms with van der Waals surface area (Å²) < 4.78 is 5.91. The summed E-state index contributed by atoms with van der Waals surface area (Å²) in [6.45, 7) is 1.88. The van der Waals surface area contributed by atoms with Gasteiger partial charge in [-0.25, -0.2) is 0 Å². The molecule has 1 aromatic heterocycles. The number of amides is 1. The maximum Gasteiger partial charge on any atom is 0.312 e. The predicted molar refractivity (Wildman–Crippen MR) is 117 cm³/mol. The lowest BCUT2D eigenvalue weighted by atomic mass is 10.1. The molecule has 0 bridgehead atoms. The van der Waals surface area contributed by atoms with Crippen molar-refractivity contribution in [2.75, 3.05) is 10.6 Å². The van der Waals surface area contributed by atoms with Crippen molar-refractivity contribution in [3.63, 3.8) is 0 Å². The van der Waals surface area contributed by atoms with Crippen LogP contribution in [0, 0.1) is 10.1 Å². The SMILES string of the molecule is CC(=O)Nc1ccc(CNc2n[nH]c3ccc([N+](=O)[O-])c(Oc4ccccc4)c23)cc1. The highest BCUT2D eigenvalue weighted by Gasteiger charge is 2.23. The van der Waals surface area contributed by atoms with E-state index in [0.717, 1.165) is 5.56 Å². The number of benzene rings is 3. The van der Waals surface area contributed by atoms with Crippen LogP contribution in [0.2, 0.25) is 0 Å². The minimum absolute atomic E-state index is 0.117. The molecule has 3 N–H and O–H groups in total. The summed E-state index contributed by atoms with van der Waals surface area (Å²) in [7, 11) is 0. The topological polar surface area (TPSA) is 122 Å². The van der Waals surface area contributed by atoms with E-state index in [1.54, 1.807) is 42.5 Å². The van der Waals surface area contributed by atoms with Crippen LogP contribution in [0.15, 0.2) is 66.7 Å². The first-order chi connectivity index (χ1) is 15.0. The first-order valence-electron chi connectivity index (χ1n) is 9.50. The summed E-state index contributed by atoms with van der Waals surface area (Å²) in [5, 5.41) is 25.2. The van der Waals surface area contributed by atoms with Crippen LogP contribution < -0.4 is 15.4 Å². The molecule has 0 aliphatic heterocycles. The molecule has 9 heteroatoms. The third-order valence-corrected chi connectivity index (χ3v) is 4.56. The Morgan fingerprint density at radius 1 is 1.10 bits per heavy atom. The minimum Gasteiger partial charge on any atom is -0.449 e. The molecule has 156 valence electrons. The van der Waals surface area contributed by atoms with Gasteiger partial charge in [-0.3, -0.25) is 20.0 Å². The second-order valence-corrected chi connectivity index (χ2v) is 6.81. The van der Waals surface area contributed by atoms with Gasteiger partial charge in [-0.15, -0.1) is 0 Å². The fraction of sp³-hybridized carbons (Fsp3) is 0.0909. The van der Waals surface area contributed by atoms with Crippen molar-refractivity contribution < 1.29 is 14.5 Å². The van der Waals surface area contributed by atoms with E-state index in [4.69, 9.17) is 4.74 Å². The number of ether oxygens (including phenoxy) is 1. The van der Waals surface area contributed by atoms with Gasteiger partial charge in [-0.05, 0) is 35.9 Å². The highest BCUT2D eigenvalue weighted by atomic mass is 16.6. The molecule has 3 aromatic carbocycles. The molecule has 4 aromatic rings. The minimum atomic E-state index is -0.477. The number of nitro benzene ring substituents is 1. The molecular weight excluding hydrogens is 398 g/mol. The average Bonchev–Trinajstić information content (AvgIpc) is 3.17. The molecule has 31 heavy (non-hydrogen) atoms. The Labute approximate surface area is 177 Å². The van der Waals surface area contributed by atoms with Crippen molar-refractivity contribution in [1.29, 1.82) is 0 Å². The molecule has 0 radical (unpaired) electrons. The Morgan fingerprint density at radius 3 is 2.52 bits per heavy atom. The maximum atomic E-state index is 11.6. The van der Waals surface area contributed by atoms with Gasteiger partial charge in [0.15, 0.2) is 5.82 Å². The van der Waals surface area contributed by atoms with Crippen LogP contribution in [0.5, 0.6) is 11.5 Å². The summed E-state index contributed by atoms with van der Waals surface area (Å²) in [5.41, 5.74) is 2.11. The summed E-state index contributed by atoms with van der Waals surface area (Å²) in [6, 6.07) is 19.2. The van der Waals surface area contributed by atoms with Crippen LogP contribution >= 0.6 is 0 Å². The van der Waals surface area contributed by atoms with Gasteiger partial charge in [-0.2, -0.15) is 5.10 Å². The standard InChI is InChI=1S/C22H19N5O4/c1-14(28)24-16-9-7-15(8-10-16)13-23-22-20-18(25-26-22)11-12-19(27(29)30)21(20)31-17-5-3-2-4-6-17/h2-12H,13H2,1H3,(H,24,28)(H2,23,25,26). The number of aromatic nitrogens is 2. The number of nitro groups is 1. The molecule has 0 unspecified atom stereocenters. The molecule has 0 atom stereocenters. The van der Waals surface area contributed by atoms with E-state index >= 15 is 0 Å². The van der Waals surface area contributed by atoms with Gasteiger partial charge in [0.1, 0.15) is 5.75 Å². The lowest BCUT2D eigenvalue weighted by Gasteiger charge is -2.10. The molecule has 1 heterocycles. The molecule has 9 nitrogen and oxygen atoms in total. The van der Waals surface area contributed by atoms with Crippen molar-refractivity contribution in [2.45, 2.75) is 13.5 Å². The number of H-pyrrole nitrogens is 1. The number of fused-ring (bicyclic) bond motifs is 1. The van der Waals surface area contributed by atoms with Crippen LogP contribution in [0.4, 0.5) is 17.2 Å². The Balaban J connectivity index is 1.64. The normalized spacial score (nSPS) is 10.6. The molecule has 1 amide bonds. The van der Waals surface area contributed by atoms with E-state index in [1.165, 1.54) is 13.0 Å². The van der Waals surface area contributed by atoms with E-state index in [2.05, 4.69) is 20.8 Å². The van der Waals surface area contributed by atoms with Gasteiger partial charge >= 0.3 is 5.69 Å². The number of carbonyl (C=O) groups excluding carboxylic acids is 1. The predicted octanol–water partition coefficient (Wildman–Crippen LogP) is 4.83. The van der Waals surface area contributed by atoms with Gasteiger partial charge in [0, 0.05) is 25.2 Å². The van der Waals surface area contributed by atoms with Gasteiger partial charge in [0.05, 0.1) is 15.8 Å². The van der Waals surface area contributed by atoms with Crippen molar-refractivity contribution >= 4 is 34.0 Å². The first kappa shape index (κ1) is 19.9. The number of hydrogen-bond donors (Lipinski definition) is 3. The largest absolute Gasteiger partial charge is 0.449 e. The highest BCUT2D eigenvalue weighted by molar-refractivity contribution is 5.98. The number of para-hydroxylation sites is 1. The zero-order valence-electron chi connectivity index (χ0n) is 16.6. The van der Waals surface area contributed by atoms with Crippen molar-refractivity contribution in [1.82, 2.24) is 10.2 Å². The lowest BCUT2D eigenvalue weighted by Crippen LogP contribution is -2.06. The number of aromatic amines is 1.